The molecule has 4 nitrogen and oxygen atoms in total. The molecule has 0 saturated carbocycles. The molecule has 2 aromatic carbocycles. The van der Waals surface area contributed by atoms with Crippen LogP contribution in [0.5, 0.6) is 5.75 Å². The van der Waals surface area contributed by atoms with Crippen molar-refractivity contribution in [2.75, 3.05) is 20.7 Å². The first-order valence-electron chi connectivity index (χ1n) is 10.7. The molecule has 30 heavy (non-hydrogen) atoms. The molecule has 0 bridgehead atoms. The van der Waals surface area contributed by atoms with E-state index in [0.29, 0.717) is 17.7 Å². The Morgan fingerprint density at radius 2 is 1.57 bits per heavy atom. The molecule has 0 aromatic heterocycles. The predicted octanol–water partition coefficient (Wildman–Crippen LogP) is 5.59. The first-order chi connectivity index (χ1) is 14.4. The van der Waals surface area contributed by atoms with Crippen molar-refractivity contribution >= 4 is 17.8 Å². The third-order valence-electron chi connectivity index (χ3n) is 4.84. The zero-order chi connectivity index (χ0) is 22.1. The number of rotatable bonds is 10. The van der Waals surface area contributed by atoms with Gasteiger partial charge in [0.25, 0.3) is 5.91 Å². The average molecular weight is 408 g/mol. The topological polar surface area (TPSA) is 46.6 Å². The lowest BCUT2D eigenvalue weighted by Gasteiger charge is -2.15. The highest BCUT2D eigenvalue weighted by Gasteiger charge is 2.12. The van der Waals surface area contributed by atoms with Crippen LogP contribution < -0.4 is 4.74 Å². The van der Waals surface area contributed by atoms with Crippen molar-refractivity contribution in [3.05, 3.63) is 70.3 Å². The summed E-state index contributed by atoms with van der Waals surface area (Å²) in [6, 6.07) is 11.1. The van der Waals surface area contributed by atoms with E-state index in [4.69, 9.17) is 4.74 Å². The number of aryl methyl sites for hydroxylation is 2. The molecule has 0 atom stereocenters. The minimum Gasteiger partial charge on any atom is -0.493 e. The molecular formula is C26H33NO3. The van der Waals surface area contributed by atoms with Crippen LogP contribution in [0.25, 0.3) is 6.08 Å². The van der Waals surface area contributed by atoms with Gasteiger partial charge in [0.15, 0.2) is 5.78 Å². The van der Waals surface area contributed by atoms with E-state index in [2.05, 4.69) is 26.0 Å². The molecule has 1 amide bonds. The number of carbonyl (C=O) groups is 2. The van der Waals surface area contributed by atoms with Crippen molar-refractivity contribution in [2.24, 2.45) is 0 Å². The lowest BCUT2D eigenvalue weighted by Crippen LogP contribution is -2.21. The second kappa shape index (κ2) is 11.3. The van der Waals surface area contributed by atoms with Crippen LogP contribution in [0.15, 0.2) is 42.5 Å². The molecule has 0 fully saturated rings. The molecule has 0 aliphatic heterocycles. The van der Waals surface area contributed by atoms with E-state index in [0.717, 1.165) is 37.0 Å². The zero-order valence-corrected chi connectivity index (χ0v) is 18.8. The van der Waals surface area contributed by atoms with Crippen LogP contribution in [-0.4, -0.2) is 37.3 Å². The van der Waals surface area contributed by atoms with Crippen LogP contribution >= 0.6 is 0 Å². The van der Waals surface area contributed by atoms with E-state index in [1.807, 2.05) is 13.0 Å². The van der Waals surface area contributed by atoms with Gasteiger partial charge in [-0.3, -0.25) is 9.59 Å². The minimum atomic E-state index is -0.0979. The van der Waals surface area contributed by atoms with E-state index in [-0.39, 0.29) is 11.7 Å². The van der Waals surface area contributed by atoms with E-state index in [1.165, 1.54) is 16.0 Å². The van der Waals surface area contributed by atoms with Gasteiger partial charge in [-0.15, -0.1) is 0 Å². The highest BCUT2D eigenvalue weighted by atomic mass is 16.5. The van der Waals surface area contributed by atoms with Crippen molar-refractivity contribution in [1.82, 2.24) is 4.90 Å². The summed E-state index contributed by atoms with van der Waals surface area (Å²) in [5.74, 6) is 0.691. The summed E-state index contributed by atoms with van der Waals surface area (Å²) in [6.45, 7) is 6.89. The Bertz CT molecular complexity index is 895. The Labute approximate surface area is 180 Å². The van der Waals surface area contributed by atoms with E-state index in [1.54, 1.807) is 44.4 Å². The SMILES string of the molecule is CCCc1cc(/C=C/C(=O)c2ccc(C(=O)N(C)C)cc2)c(OCC)c(CCC)c1. The summed E-state index contributed by atoms with van der Waals surface area (Å²) in [5, 5.41) is 0. The van der Waals surface area contributed by atoms with Crippen LogP contribution in [0.2, 0.25) is 0 Å². The summed E-state index contributed by atoms with van der Waals surface area (Å²) >= 11 is 0. The van der Waals surface area contributed by atoms with Gasteiger partial charge in [-0.1, -0.05) is 44.9 Å². The minimum absolute atomic E-state index is 0.0814. The van der Waals surface area contributed by atoms with Crippen molar-refractivity contribution < 1.29 is 14.3 Å². The van der Waals surface area contributed by atoms with Gasteiger partial charge >= 0.3 is 0 Å². The van der Waals surface area contributed by atoms with Crippen LogP contribution in [0.4, 0.5) is 0 Å². The quantitative estimate of drug-likeness (QED) is 0.381. The van der Waals surface area contributed by atoms with Gasteiger partial charge in [0.1, 0.15) is 5.75 Å². The average Bonchev–Trinajstić information content (AvgIpc) is 2.74. The fraction of sp³-hybridized carbons (Fsp3) is 0.385. The predicted molar refractivity (Wildman–Crippen MR) is 123 cm³/mol. The van der Waals surface area contributed by atoms with Gasteiger partial charge in [0, 0.05) is 30.8 Å². The standard InChI is InChI=1S/C26H33NO3/c1-6-9-19-17-22(10-7-2)25(30-8-3)23(18-19)15-16-24(28)20-11-13-21(14-12-20)26(29)27(4)5/h11-18H,6-10H2,1-5H3/b16-15+. The Hall–Kier alpha value is -2.88. The van der Waals surface area contributed by atoms with Gasteiger partial charge in [-0.05, 0) is 61.2 Å². The molecule has 2 aromatic rings. The molecular weight excluding hydrogens is 374 g/mol. The lowest BCUT2D eigenvalue weighted by molar-refractivity contribution is 0.0827. The monoisotopic (exact) mass is 407 g/mol. The van der Waals surface area contributed by atoms with Crippen LogP contribution in [0.1, 0.15) is 71.0 Å². The summed E-state index contributed by atoms with van der Waals surface area (Å²) in [7, 11) is 3.42. The molecule has 0 N–H and O–H groups in total. The van der Waals surface area contributed by atoms with E-state index in [9.17, 15) is 9.59 Å². The fourth-order valence-corrected chi connectivity index (χ4v) is 3.41. The molecule has 4 heteroatoms. The molecule has 0 aliphatic carbocycles. The highest BCUT2D eigenvalue weighted by molar-refractivity contribution is 6.07. The molecule has 0 unspecified atom stereocenters. The largest absolute Gasteiger partial charge is 0.493 e. The molecule has 0 heterocycles. The number of ketones is 1. The number of carbonyl (C=O) groups excluding carboxylic acids is 2. The van der Waals surface area contributed by atoms with Crippen LogP contribution in [-0.2, 0) is 12.8 Å². The molecule has 0 spiro atoms. The normalized spacial score (nSPS) is 11.0. The number of amides is 1. The summed E-state index contributed by atoms with van der Waals surface area (Å²) in [5.41, 5.74) is 4.53. The highest BCUT2D eigenvalue weighted by Crippen LogP contribution is 2.29. The van der Waals surface area contributed by atoms with Gasteiger partial charge in [0.2, 0.25) is 0 Å². The number of nitrogens with zero attached hydrogens (tertiary/aromatic N) is 1. The number of hydrogen-bond acceptors (Lipinski definition) is 3. The van der Waals surface area contributed by atoms with Crippen molar-refractivity contribution in [3.63, 3.8) is 0 Å². The summed E-state index contributed by atoms with van der Waals surface area (Å²) in [4.78, 5) is 26.2. The van der Waals surface area contributed by atoms with Crippen LogP contribution in [0, 0.1) is 0 Å². The Kier molecular flexibility index (Phi) is 8.85. The number of allylic oxidation sites excluding steroid dienone is 1. The van der Waals surface area contributed by atoms with Gasteiger partial charge < -0.3 is 9.64 Å². The second-order valence-corrected chi connectivity index (χ2v) is 7.58. The second-order valence-electron chi connectivity index (χ2n) is 7.58. The number of hydrogen-bond donors (Lipinski definition) is 0. The van der Waals surface area contributed by atoms with Gasteiger partial charge in [0.05, 0.1) is 6.61 Å². The molecule has 0 radical (unpaired) electrons. The van der Waals surface area contributed by atoms with E-state index >= 15 is 0 Å². The summed E-state index contributed by atoms with van der Waals surface area (Å²) in [6.07, 6.45) is 7.49. The van der Waals surface area contributed by atoms with Crippen LogP contribution in [0.3, 0.4) is 0 Å². The zero-order valence-electron chi connectivity index (χ0n) is 18.8. The smallest absolute Gasteiger partial charge is 0.253 e. The van der Waals surface area contributed by atoms with Gasteiger partial charge in [-0.25, -0.2) is 0 Å². The molecule has 0 saturated heterocycles. The Morgan fingerprint density at radius 3 is 2.13 bits per heavy atom. The third kappa shape index (κ3) is 6.06. The lowest BCUT2D eigenvalue weighted by atomic mass is 9.97. The first-order valence-corrected chi connectivity index (χ1v) is 10.7. The summed E-state index contributed by atoms with van der Waals surface area (Å²) < 4.78 is 5.95. The molecule has 2 rings (SSSR count). The maximum Gasteiger partial charge on any atom is 0.253 e. The molecule has 0 aliphatic rings. The van der Waals surface area contributed by atoms with Gasteiger partial charge in [-0.2, -0.15) is 0 Å². The third-order valence-corrected chi connectivity index (χ3v) is 4.84. The molecule has 160 valence electrons. The van der Waals surface area contributed by atoms with Crippen molar-refractivity contribution in [2.45, 2.75) is 46.5 Å². The van der Waals surface area contributed by atoms with Crippen molar-refractivity contribution in [3.8, 4) is 5.75 Å². The maximum absolute atomic E-state index is 12.7. The first kappa shape index (κ1) is 23.4. The maximum atomic E-state index is 12.7. The number of benzene rings is 2. The van der Waals surface area contributed by atoms with Crippen molar-refractivity contribution in [1.29, 1.82) is 0 Å². The fourth-order valence-electron chi connectivity index (χ4n) is 3.41. The van der Waals surface area contributed by atoms with E-state index < -0.39 is 0 Å². The Balaban J connectivity index is 2.32. The Morgan fingerprint density at radius 1 is 0.933 bits per heavy atom. The number of ether oxygens (including phenoxy) is 1.